The normalized spacial score (nSPS) is 13.4. The van der Waals surface area contributed by atoms with Crippen LogP contribution < -0.4 is 18.1 Å². The standard InChI is InChI=1S/C24H16N2O2S/c1-5-13-21-17(9-1)25(18-10-2-6-14-22(18)27-21)29-26-19-11-3-7-15-23(19)28-24-16-8-4-12-20(24)26/h1-16H. The zero-order valence-electron chi connectivity index (χ0n) is 15.4. The fourth-order valence-electron chi connectivity index (χ4n) is 3.60. The minimum Gasteiger partial charge on any atom is -0.453 e. The summed E-state index contributed by atoms with van der Waals surface area (Å²) in [6.45, 7) is 0. The van der Waals surface area contributed by atoms with Crippen molar-refractivity contribution in [1.29, 1.82) is 0 Å². The molecular formula is C24H16N2O2S. The van der Waals surface area contributed by atoms with Crippen LogP contribution in [-0.4, -0.2) is 0 Å². The molecule has 2 aliphatic heterocycles. The van der Waals surface area contributed by atoms with Gasteiger partial charge in [-0.05, 0) is 48.5 Å². The van der Waals surface area contributed by atoms with E-state index < -0.39 is 0 Å². The SMILES string of the molecule is c1ccc2c(c1)Oc1ccccc1N2SN1c2ccccc2Oc2ccccc21. The van der Waals surface area contributed by atoms with Crippen LogP contribution in [0.1, 0.15) is 0 Å². The van der Waals surface area contributed by atoms with E-state index in [-0.39, 0.29) is 0 Å². The van der Waals surface area contributed by atoms with E-state index >= 15 is 0 Å². The predicted octanol–water partition coefficient (Wildman–Crippen LogP) is 7.44. The molecule has 2 heterocycles. The highest BCUT2D eigenvalue weighted by Gasteiger charge is 2.31. The van der Waals surface area contributed by atoms with E-state index in [4.69, 9.17) is 9.47 Å². The van der Waals surface area contributed by atoms with Gasteiger partial charge in [-0.3, -0.25) is 8.61 Å². The lowest BCUT2D eigenvalue weighted by molar-refractivity contribution is 0.477. The molecule has 4 aromatic rings. The summed E-state index contributed by atoms with van der Waals surface area (Å²) < 4.78 is 16.7. The minimum atomic E-state index is 0.841. The van der Waals surface area contributed by atoms with Crippen LogP contribution in [-0.2, 0) is 0 Å². The Morgan fingerprint density at radius 1 is 0.414 bits per heavy atom. The summed E-state index contributed by atoms with van der Waals surface area (Å²) in [5, 5.41) is 0. The number of rotatable bonds is 2. The molecule has 0 saturated heterocycles. The van der Waals surface area contributed by atoms with E-state index in [0.29, 0.717) is 0 Å². The van der Waals surface area contributed by atoms with E-state index in [1.54, 1.807) is 12.1 Å². The smallest absolute Gasteiger partial charge is 0.152 e. The predicted molar refractivity (Wildman–Crippen MR) is 118 cm³/mol. The van der Waals surface area contributed by atoms with Crippen molar-refractivity contribution in [3.8, 4) is 23.0 Å². The zero-order valence-corrected chi connectivity index (χ0v) is 16.2. The monoisotopic (exact) mass is 396 g/mol. The molecule has 4 aromatic carbocycles. The largest absolute Gasteiger partial charge is 0.453 e. The van der Waals surface area contributed by atoms with Gasteiger partial charge in [0.15, 0.2) is 23.0 Å². The van der Waals surface area contributed by atoms with E-state index in [1.165, 1.54) is 0 Å². The van der Waals surface area contributed by atoms with Gasteiger partial charge in [-0.15, -0.1) is 0 Å². The van der Waals surface area contributed by atoms with Crippen LogP contribution in [0.4, 0.5) is 22.7 Å². The fraction of sp³-hybridized carbons (Fsp3) is 0. The topological polar surface area (TPSA) is 24.9 Å². The zero-order chi connectivity index (χ0) is 19.2. The van der Waals surface area contributed by atoms with Gasteiger partial charge >= 0.3 is 0 Å². The fourth-order valence-corrected chi connectivity index (χ4v) is 4.72. The van der Waals surface area contributed by atoms with Gasteiger partial charge in [-0.25, -0.2) is 0 Å². The highest BCUT2D eigenvalue weighted by molar-refractivity contribution is 8.02. The lowest BCUT2D eigenvalue weighted by Gasteiger charge is -2.37. The first-order valence-corrected chi connectivity index (χ1v) is 10.1. The maximum Gasteiger partial charge on any atom is 0.152 e. The average molecular weight is 396 g/mol. The van der Waals surface area contributed by atoms with Gasteiger partial charge in [-0.2, -0.15) is 0 Å². The maximum absolute atomic E-state index is 6.14. The number of benzene rings is 4. The molecule has 4 nitrogen and oxygen atoms in total. The quantitative estimate of drug-likeness (QED) is 0.328. The molecule has 0 aromatic heterocycles. The molecule has 0 atom stereocenters. The molecule has 0 aliphatic carbocycles. The first kappa shape index (κ1) is 16.4. The van der Waals surface area contributed by atoms with Crippen LogP contribution in [0, 0.1) is 0 Å². The van der Waals surface area contributed by atoms with Crippen molar-refractivity contribution < 1.29 is 9.47 Å². The molecule has 5 heteroatoms. The van der Waals surface area contributed by atoms with E-state index in [9.17, 15) is 0 Å². The van der Waals surface area contributed by atoms with Crippen LogP contribution >= 0.6 is 12.1 Å². The van der Waals surface area contributed by atoms with Crippen molar-refractivity contribution in [1.82, 2.24) is 0 Å². The van der Waals surface area contributed by atoms with Gasteiger partial charge in [0.2, 0.25) is 0 Å². The summed E-state index contributed by atoms with van der Waals surface area (Å²) in [4.78, 5) is 0. The van der Waals surface area contributed by atoms with Gasteiger partial charge in [-0.1, -0.05) is 48.5 Å². The molecule has 0 fully saturated rings. The molecule has 0 N–H and O–H groups in total. The average Bonchev–Trinajstić information content (AvgIpc) is 2.78. The Morgan fingerprint density at radius 2 is 0.690 bits per heavy atom. The van der Waals surface area contributed by atoms with E-state index in [0.717, 1.165) is 45.7 Å². The highest BCUT2D eigenvalue weighted by Crippen LogP contribution is 2.55. The van der Waals surface area contributed by atoms with Crippen molar-refractivity contribution in [2.45, 2.75) is 0 Å². The van der Waals surface area contributed by atoms with E-state index in [2.05, 4.69) is 32.9 Å². The Kier molecular flexibility index (Phi) is 3.67. The molecule has 0 unspecified atom stereocenters. The van der Waals surface area contributed by atoms with Gasteiger partial charge in [0.1, 0.15) is 0 Å². The Hall–Kier alpha value is -3.57. The first-order chi connectivity index (χ1) is 14.4. The summed E-state index contributed by atoms with van der Waals surface area (Å²) in [5.74, 6) is 3.36. The first-order valence-electron chi connectivity index (χ1n) is 9.39. The Bertz CT molecular complexity index is 1040. The molecule has 6 rings (SSSR count). The summed E-state index contributed by atoms with van der Waals surface area (Å²) in [5.41, 5.74) is 4.05. The van der Waals surface area contributed by atoms with Crippen molar-refractivity contribution in [3.63, 3.8) is 0 Å². The molecule has 0 spiro atoms. The molecule has 2 aliphatic rings. The lowest BCUT2D eigenvalue weighted by Crippen LogP contribution is -2.22. The van der Waals surface area contributed by atoms with Crippen molar-refractivity contribution in [2.75, 3.05) is 8.61 Å². The Labute approximate surface area is 173 Å². The number of fused-ring (bicyclic) bond motifs is 4. The number of para-hydroxylation sites is 8. The van der Waals surface area contributed by atoms with Gasteiger partial charge in [0, 0.05) is 0 Å². The van der Waals surface area contributed by atoms with Crippen LogP contribution in [0.5, 0.6) is 23.0 Å². The third-order valence-corrected chi connectivity index (χ3v) is 6.05. The molecule has 0 amide bonds. The summed E-state index contributed by atoms with van der Waals surface area (Å²) in [7, 11) is 0. The summed E-state index contributed by atoms with van der Waals surface area (Å²) in [6, 6.07) is 32.4. The number of hydrogen-bond donors (Lipinski definition) is 0. The van der Waals surface area contributed by atoms with Crippen molar-refractivity contribution in [2.24, 2.45) is 0 Å². The third-order valence-electron chi connectivity index (χ3n) is 4.94. The third kappa shape index (κ3) is 2.62. The van der Waals surface area contributed by atoms with Gasteiger partial charge < -0.3 is 9.47 Å². The van der Waals surface area contributed by atoms with Crippen LogP contribution in [0.15, 0.2) is 97.1 Å². The highest BCUT2D eigenvalue weighted by atomic mass is 32.2. The van der Waals surface area contributed by atoms with Crippen molar-refractivity contribution >= 4 is 34.9 Å². The minimum absolute atomic E-state index is 0.841. The number of hydrogen-bond acceptors (Lipinski definition) is 5. The second kappa shape index (κ2) is 6.50. The van der Waals surface area contributed by atoms with Crippen LogP contribution in [0.2, 0.25) is 0 Å². The molecule has 0 bridgehead atoms. The maximum atomic E-state index is 6.14. The molecule has 29 heavy (non-hydrogen) atoms. The number of ether oxygens (including phenoxy) is 2. The molecule has 140 valence electrons. The van der Waals surface area contributed by atoms with Crippen LogP contribution in [0.3, 0.4) is 0 Å². The van der Waals surface area contributed by atoms with Gasteiger partial charge in [0.25, 0.3) is 0 Å². The molecule has 0 saturated carbocycles. The molecular weight excluding hydrogens is 380 g/mol. The Balaban J connectivity index is 1.51. The van der Waals surface area contributed by atoms with Gasteiger partial charge in [0.05, 0.1) is 34.9 Å². The summed E-state index contributed by atoms with van der Waals surface area (Å²) in [6.07, 6.45) is 0. The molecule has 0 radical (unpaired) electrons. The van der Waals surface area contributed by atoms with Crippen molar-refractivity contribution in [3.05, 3.63) is 97.1 Å². The number of nitrogens with zero attached hydrogens (tertiary/aromatic N) is 2. The summed E-state index contributed by atoms with van der Waals surface area (Å²) >= 11 is 1.62. The lowest BCUT2D eigenvalue weighted by atomic mass is 10.2. The number of anilines is 4. The Morgan fingerprint density at radius 3 is 1.00 bits per heavy atom. The second-order valence-corrected chi connectivity index (χ2v) is 7.64. The second-order valence-electron chi connectivity index (χ2n) is 6.75. The van der Waals surface area contributed by atoms with Crippen LogP contribution in [0.25, 0.3) is 0 Å². The van der Waals surface area contributed by atoms with E-state index in [1.807, 2.05) is 72.8 Å².